The first kappa shape index (κ1) is 12.2. The fourth-order valence-electron chi connectivity index (χ4n) is 0.998. The number of aromatic nitrogens is 2. The molecule has 0 bridgehead atoms. The molecule has 7 heteroatoms. The molecule has 0 aliphatic heterocycles. The predicted octanol–water partition coefficient (Wildman–Crippen LogP) is 1.84. The maximum absolute atomic E-state index is 10.9. The average molecular weight is 346 g/mol. The topological polar surface area (TPSA) is 52.0 Å². The summed E-state index contributed by atoms with van der Waals surface area (Å²) in [7, 11) is -2.87. The van der Waals surface area contributed by atoms with Crippen LogP contribution in [0.4, 0.5) is 0 Å². The highest BCUT2D eigenvalue weighted by atomic mass is 79.9. The summed E-state index contributed by atoms with van der Waals surface area (Å²) in [5, 5.41) is 4.12. The molecule has 0 N–H and O–H groups in total. The smallest absolute Gasteiger partial charge is 0.147 e. The van der Waals surface area contributed by atoms with Gasteiger partial charge in [-0.05, 0) is 38.3 Å². The molecule has 0 fully saturated rings. The fraction of sp³-hybridized carbons (Fsp3) is 0.571. The Morgan fingerprint density at radius 2 is 2.14 bits per heavy atom. The Bertz CT molecular complexity index is 413. The lowest BCUT2D eigenvalue weighted by Crippen LogP contribution is -2.08. The van der Waals surface area contributed by atoms with Crippen molar-refractivity contribution in [2.75, 3.05) is 12.0 Å². The molecule has 0 saturated carbocycles. The molecule has 80 valence electrons. The van der Waals surface area contributed by atoms with Gasteiger partial charge in [-0.1, -0.05) is 0 Å². The van der Waals surface area contributed by atoms with Crippen LogP contribution in [0.15, 0.2) is 15.3 Å². The van der Waals surface area contributed by atoms with Gasteiger partial charge in [-0.15, -0.1) is 0 Å². The Kier molecular flexibility index (Phi) is 4.15. The molecule has 1 rings (SSSR count). The standard InChI is InChI=1S/C7H10Br2N2O2S/c1-14(12,13)4-2-3-11-7(9)5-6(8)10-11/h5H,2-4H2,1H3. The monoisotopic (exact) mass is 344 g/mol. The summed E-state index contributed by atoms with van der Waals surface area (Å²) in [6.07, 6.45) is 1.81. The van der Waals surface area contributed by atoms with Gasteiger partial charge in [0.25, 0.3) is 0 Å². The lowest BCUT2D eigenvalue weighted by atomic mass is 10.5. The summed E-state index contributed by atoms with van der Waals surface area (Å²) in [6, 6.07) is 1.82. The molecule has 1 aromatic rings. The number of halogens is 2. The fourth-order valence-corrected chi connectivity index (χ4v) is 2.84. The minimum absolute atomic E-state index is 0.191. The number of sulfone groups is 1. The largest absolute Gasteiger partial charge is 0.257 e. The molecule has 0 spiro atoms. The van der Waals surface area contributed by atoms with Crippen LogP contribution in [0, 0.1) is 0 Å². The molecular weight excluding hydrogens is 336 g/mol. The zero-order valence-electron chi connectivity index (χ0n) is 7.57. The van der Waals surface area contributed by atoms with Crippen molar-refractivity contribution >= 4 is 41.7 Å². The van der Waals surface area contributed by atoms with E-state index in [9.17, 15) is 8.42 Å². The molecule has 1 aromatic heterocycles. The van der Waals surface area contributed by atoms with E-state index in [-0.39, 0.29) is 5.75 Å². The number of rotatable bonds is 4. The van der Waals surface area contributed by atoms with Crippen molar-refractivity contribution in [3.8, 4) is 0 Å². The summed E-state index contributed by atoms with van der Waals surface area (Å²) in [6.45, 7) is 0.596. The van der Waals surface area contributed by atoms with Crippen LogP contribution in [0.2, 0.25) is 0 Å². The number of nitrogens with zero attached hydrogens (tertiary/aromatic N) is 2. The molecule has 0 atom stereocenters. The van der Waals surface area contributed by atoms with E-state index in [2.05, 4.69) is 37.0 Å². The molecule has 1 heterocycles. The lowest BCUT2D eigenvalue weighted by Gasteiger charge is -2.01. The van der Waals surface area contributed by atoms with E-state index >= 15 is 0 Å². The van der Waals surface area contributed by atoms with Gasteiger partial charge in [-0.25, -0.2) is 8.42 Å². The van der Waals surface area contributed by atoms with Gasteiger partial charge in [-0.3, -0.25) is 4.68 Å². The zero-order chi connectivity index (χ0) is 10.8. The van der Waals surface area contributed by atoms with Crippen LogP contribution in [-0.4, -0.2) is 30.2 Å². The molecule has 0 aliphatic carbocycles. The molecule has 14 heavy (non-hydrogen) atoms. The first-order valence-electron chi connectivity index (χ1n) is 3.95. The van der Waals surface area contributed by atoms with E-state index in [1.54, 1.807) is 4.68 Å². The SMILES string of the molecule is CS(=O)(=O)CCCn1nc(Br)cc1Br. The van der Waals surface area contributed by atoms with Crippen LogP contribution in [0.5, 0.6) is 0 Å². The lowest BCUT2D eigenvalue weighted by molar-refractivity contribution is 0.569. The van der Waals surface area contributed by atoms with Crippen molar-refractivity contribution in [3.05, 3.63) is 15.3 Å². The number of aryl methyl sites for hydroxylation is 1. The first-order chi connectivity index (χ1) is 6.38. The van der Waals surface area contributed by atoms with Gasteiger partial charge >= 0.3 is 0 Å². The molecule has 0 aromatic carbocycles. The molecule has 0 saturated heterocycles. The summed E-state index contributed by atoms with van der Waals surface area (Å²) in [5.41, 5.74) is 0. The maximum Gasteiger partial charge on any atom is 0.147 e. The highest BCUT2D eigenvalue weighted by Crippen LogP contribution is 2.16. The third-order valence-electron chi connectivity index (χ3n) is 1.59. The average Bonchev–Trinajstić information content (AvgIpc) is 2.27. The Morgan fingerprint density at radius 1 is 1.50 bits per heavy atom. The quantitative estimate of drug-likeness (QED) is 0.836. The highest BCUT2D eigenvalue weighted by Gasteiger charge is 2.05. The van der Waals surface area contributed by atoms with E-state index in [0.29, 0.717) is 13.0 Å². The van der Waals surface area contributed by atoms with Gasteiger partial charge in [0.2, 0.25) is 0 Å². The van der Waals surface area contributed by atoms with Gasteiger partial charge in [0.15, 0.2) is 0 Å². The Labute approximate surface area is 99.9 Å². The third kappa shape index (κ3) is 4.10. The summed E-state index contributed by atoms with van der Waals surface area (Å²) >= 11 is 6.55. The van der Waals surface area contributed by atoms with Crippen molar-refractivity contribution in [3.63, 3.8) is 0 Å². The van der Waals surface area contributed by atoms with Gasteiger partial charge < -0.3 is 0 Å². The van der Waals surface area contributed by atoms with Crippen LogP contribution >= 0.6 is 31.9 Å². The van der Waals surface area contributed by atoms with E-state index in [1.807, 2.05) is 6.07 Å². The summed E-state index contributed by atoms with van der Waals surface area (Å²) in [4.78, 5) is 0. The van der Waals surface area contributed by atoms with Gasteiger partial charge in [0.05, 0.1) is 5.75 Å². The molecule has 0 unspecified atom stereocenters. The molecule has 0 radical (unpaired) electrons. The number of hydrogen-bond acceptors (Lipinski definition) is 3. The van der Waals surface area contributed by atoms with Crippen LogP contribution < -0.4 is 0 Å². The van der Waals surface area contributed by atoms with Crippen molar-refractivity contribution in [2.45, 2.75) is 13.0 Å². The van der Waals surface area contributed by atoms with Crippen LogP contribution in [0.25, 0.3) is 0 Å². The van der Waals surface area contributed by atoms with Gasteiger partial charge in [0.1, 0.15) is 19.0 Å². The molecule has 0 amide bonds. The molecule has 0 aliphatic rings. The minimum Gasteiger partial charge on any atom is -0.257 e. The van der Waals surface area contributed by atoms with Crippen LogP contribution in [0.3, 0.4) is 0 Å². The highest BCUT2D eigenvalue weighted by molar-refractivity contribution is 9.11. The Morgan fingerprint density at radius 3 is 2.57 bits per heavy atom. The van der Waals surface area contributed by atoms with Gasteiger partial charge in [0, 0.05) is 18.9 Å². The Hall–Kier alpha value is 0.120. The molecular formula is C7H10Br2N2O2S. The zero-order valence-corrected chi connectivity index (χ0v) is 11.6. The van der Waals surface area contributed by atoms with E-state index in [4.69, 9.17) is 0 Å². The molecule has 4 nitrogen and oxygen atoms in total. The minimum atomic E-state index is -2.87. The maximum atomic E-state index is 10.9. The van der Waals surface area contributed by atoms with Crippen molar-refractivity contribution in [2.24, 2.45) is 0 Å². The second kappa shape index (κ2) is 4.76. The summed E-state index contributed by atoms with van der Waals surface area (Å²) < 4.78 is 25.0. The normalized spacial score (nSPS) is 11.9. The summed E-state index contributed by atoms with van der Waals surface area (Å²) in [5.74, 6) is 0.191. The predicted molar refractivity (Wildman–Crippen MR) is 62.0 cm³/mol. The van der Waals surface area contributed by atoms with E-state index in [1.165, 1.54) is 6.26 Å². The van der Waals surface area contributed by atoms with Crippen LogP contribution in [-0.2, 0) is 16.4 Å². The Balaban J connectivity index is 2.50. The van der Waals surface area contributed by atoms with E-state index < -0.39 is 9.84 Å². The van der Waals surface area contributed by atoms with Gasteiger partial charge in [-0.2, -0.15) is 5.10 Å². The van der Waals surface area contributed by atoms with Crippen molar-refractivity contribution in [1.82, 2.24) is 9.78 Å². The van der Waals surface area contributed by atoms with E-state index in [0.717, 1.165) is 9.21 Å². The second-order valence-corrected chi connectivity index (χ2v) is 6.88. The third-order valence-corrected chi connectivity index (χ3v) is 3.64. The van der Waals surface area contributed by atoms with Crippen molar-refractivity contribution < 1.29 is 8.42 Å². The number of hydrogen-bond donors (Lipinski definition) is 0. The first-order valence-corrected chi connectivity index (χ1v) is 7.60. The second-order valence-electron chi connectivity index (χ2n) is 3.00. The van der Waals surface area contributed by atoms with Crippen LogP contribution in [0.1, 0.15) is 6.42 Å². The van der Waals surface area contributed by atoms with Crippen molar-refractivity contribution in [1.29, 1.82) is 0 Å².